The molecule has 0 unspecified atom stereocenters. The highest BCUT2D eigenvalue weighted by molar-refractivity contribution is 5.89. The van der Waals surface area contributed by atoms with E-state index >= 15 is 0 Å². The molecule has 0 saturated carbocycles. The first-order valence-electron chi connectivity index (χ1n) is 28.8. The smallest absolute Gasteiger partial charge is 0.305 e. The van der Waals surface area contributed by atoms with E-state index in [2.05, 4.69) is 26.8 Å². The van der Waals surface area contributed by atoms with Gasteiger partial charge in [0.05, 0.1) is 0 Å². The van der Waals surface area contributed by atoms with Crippen molar-refractivity contribution in [3.8, 4) is 0 Å². The normalized spacial score (nSPS) is 13.5. The third-order valence-electron chi connectivity index (χ3n) is 13.5. The van der Waals surface area contributed by atoms with Gasteiger partial charge < -0.3 is 14.2 Å². The van der Waals surface area contributed by atoms with Crippen molar-refractivity contribution in [2.75, 3.05) is 19.8 Å². The topological polar surface area (TPSA) is 74.2 Å². The first kappa shape index (κ1) is 60.2. The summed E-state index contributed by atoms with van der Waals surface area (Å²) in [5.41, 5.74) is -0.884. The molecule has 376 valence electrons. The number of nitrogens with zero attached hydrogens (tertiary/aromatic N) is 1. The molecule has 0 saturated heterocycles. The van der Waals surface area contributed by atoms with Gasteiger partial charge in [-0.05, 0) is 31.8 Å². The van der Waals surface area contributed by atoms with Crippen molar-refractivity contribution in [2.45, 2.75) is 322 Å². The summed E-state index contributed by atoms with van der Waals surface area (Å²) in [6, 6.07) is 0. The standard InChI is InChI=1S/C58H109NO5/c1-4-7-10-13-16-19-22-25-28-31-34-37-40-43-46-49-55-59-58(52-62-55,53-63-56(60)50-47-44-41-38-35-32-29-26-23-20-17-14-11-8-5-2)54-64-57(61)51-48-45-42-39-36-33-30-27-24-21-18-15-12-9-6-3/h46,49H,4-45,47-48,50-54H2,1-3H3. The molecule has 0 spiro atoms. The van der Waals surface area contributed by atoms with Crippen LogP contribution in [0.25, 0.3) is 0 Å². The van der Waals surface area contributed by atoms with Crippen LogP contribution in [0.4, 0.5) is 0 Å². The van der Waals surface area contributed by atoms with E-state index in [1.165, 1.54) is 250 Å². The molecule has 6 heteroatoms. The number of hydrogen-bond donors (Lipinski definition) is 0. The largest absolute Gasteiger partial charge is 0.475 e. The number of ether oxygens (including phenoxy) is 3. The van der Waals surface area contributed by atoms with Crippen molar-refractivity contribution >= 4 is 17.8 Å². The fourth-order valence-corrected chi connectivity index (χ4v) is 9.10. The number of allylic oxidation sites excluding steroid dienone is 1. The van der Waals surface area contributed by atoms with Gasteiger partial charge in [-0.2, -0.15) is 0 Å². The van der Waals surface area contributed by atoms with E-state index in [0.29, 0.717) is 18.7 Å². The van der Waals surface area contributed by atoms with E-state index in [9.17, 15) is 9.59 Å². The molecule has 0 radical (unpaired) electrons. The molecule has 0 aromatic carbocycles. The Morgan fingerprint density at radius 1 is 0.422 bits per heavy atom. The van der Waals surface area contributed by atoms with Crippen LogP contribution in [0.1, 0.15) is 316 Å². The number of hydrogen-bond acceptors (Lipinski definition) is 6. The second-order valence-corrected chi connectivity index (χ2v) is 20.1. The van der Waals surface area contributed by atoms with E-state index in [0.717, 1.165) is 32.1 Å². The van der Waals surface area contributed by atoms with Crippen molar-refractivity contribution < 1.29 is 23.8 Å². The van der Waals surface area contributed by atoms with Gasteiger partial charge in [-0.25, -0.2) is 4.99 Å². The molecule has 1 heterocycles. The summed E-state index contributed by atoms with van der Waals surface area (Å²) >= 11 is 0. The zero-order valence-corrected chi connectivity index (χ0v) is 43.3. The quantitative estimate of drug-likeness (QED) is 0.0449. The number of esters is 2. The molecule has 0 aromatic rings. The predicted octanol–water partition coefficient (Wildman–Crippen LogP) is 18.8. The van der Waals surface area contributed by atoms with Gasteiger partial charge in [0.2, 0.25) is 5.90 Å². The molecule has 6 nitrogen and oxygen atoms in total. The Morgan fingerprint density at radius 2 is 0.688 bits per heavy atom. The summed E-state index contributed by atoms with van der Waals surface area (Å²) < 4.78 is 17.6. The third-order valence-corrected chi connectivity index (χ3v) is 13.5. The number of aliphatic imine (C=N–C) groups is 1. The molecule has 0 atom stereocenters. The zero-order valence-electron chi connectivity index (χ0n) is 43.3. The van der Waals surface area contributed by atoms with Gasteiger partial charge in [0.25, 0.3) is 0 Å². The molecule has 1 aliphatic heterocycles. The monoisotopic (exact) mass is 900 g/mol. The number of carbonyl (C=O) groups excluding carboxylic acids is 2. The van der Waals surface area contributed by atoms with Crippen LogP contribution in [-0.4, -0.2) is 43.2 Å². The third kappa shape index (κ3) is 40.4. The maximum absolute atomic E-state index is 12.9. The summed E-state index contributed by atoms with van der Waals surface area (Å²) in [6.45, 7) is 7.26. The average molecular weight is 901 g/mol. The fourth-order valence-electron chi connectivity index (χ4n) is 9.10. The van der Waals surface area contributed by atoms with Crippen molar-refractivity contribution in [3.05, 3.63) is 12.2 Å². The van der Waals surface area contributed by atoms with E-state index in [1.54, 1.807) is 0 Å². The van der Waals surface area contributed by atoms with Crippen molar-refractivity contribution in [1.82, 2.24) is 0 Å². The van der Waals surface area contributed by atoms with Gasteiger partial charge in [-0.1, -0.05) is 284 Å². The van der Waals surface area contributed by atoms with E-state index < -0.39 is 5.54 Å². The second-order valence-electron chi connectivity index (χ2n) is 20.1. The molecule has 0 aliphatic carbocycles. The summed E-state index contributed by atoms with van der Waals surface area (Å²) in [5.74, 6) is 0.159. The molecule has 1 rings (SSSR count). The molecular weight excluding hydrogens is 791 g/mol. The molecule has 0 N–H and O–H groups in total. The molecule has 64 heavy (non-hydrogen) atoms. The Morgan fingerprint density at radius 3 is 0.984 bits per heavy atom. The maximum atomic E-state index is 12.9. The molecule has 1 aliphatic rings. The minimum absolute atomic E-state index is 0.0764. The lowest BCUT2D eigenvalue weighted by molar-refractivity contribution is -0.150. The Labute approximate surface area is 398 Å². The van der Waals surface area contributed by atoms with E-state index in [-0.39, 0.29) is 31.8 Å². The van der Waals surface area contributed by atoms with Crippen LogP contribution in [0.2, 0.25) is 0 Å². The molecule has 0 fully saturated rings. The van der Waals surface area contributed by atoms with Crippen LogP contribution >= 0.6 is 0 Å². The SMILES string of the molecule is CCCCCCCCCCCCCCCC=CC1=NC(COC(=O)CCCCCCCCCCCCCCCCC)(COC(=O)CCCCCCCCCCCCCCCCC)CO1. The molecule has 0 aromatic heterocycles. The summed E-state index contributed by atoms with van der Waals surface area (Å²) in [7, 11) is 0. The minimum Gasteiger partial charge on any atom is -0.475 e. The maximum Gasteiger partial charge on any atom is 0.305 e. The van der Waals surface area contributed by atoms with Crippen molar-refractivity contribution in [2.24, 2.45) is 4.99 Å². The van der Waals surface area contributed by atoms with E-state index in [4.69, 9.17) is 19.2 Å². The highest BCUT2D eigenvalue weighted by Crippen LogP contribution is 2.23. The Bertz CT molecular complexity index is 1020. The second kappa shape index (κ2) is 47.6. The van der Waals surface area contributed by atoms with Gasteiger partial charge in [0.1, 0.15) is 19.8 Å². The van der Waals surface area contributed by atoms with Gasteiger partial charge in [0, 0.05) is 12.8 Å². The predicted molar refractivity (Wildman–Crippen MR) is 277 cm³/mol. The van der Waals surface area contributed by atoms with Gasteiger partial charge >= 0.3 is 11.9 Å². The summed E-state index contributed by atoms with van der Waals surface area (Å²) in [5, 5.41) is 0. The Kier molecular flexibility index (Phi) is 44.8. The van der Waals surface area contributed by atoms with Gasteiger partial charge in [-0.3, -0.25) is 9.59 Å². The lowest BCUT2D eigenvalue weighted by Gasteiger charge is -2.23. The molecular formula is C58H109NO5. The zero-order chi connectivity index (χ0) is 46.1. The Balaban J connectivity index is 2.36. The summed E-state index contributed by atoms with van der Waals surface area (Å²) in [4.78, 5) is 30.6. The average Bonchev–Trinajstić information content (AvgIpc) is 3.71. The van der Waals surface area contributed by atoms with Gasteiger partial charge in [-0.15, -0.1) is 0 Å². The number of unbranched alkanes of at least 4 members (excludes halogenated alkanes) is 41. The first-order valence-corrected chi connectivity index (χ1v) is 28.8. The van der Waals surface area contributed by atoms with Crippen LogP contribution in [-0.2, 0) is 23.8 Å². The van der Waals surface area contributed by atoms with Crippen LogP contribution < -0.4 is 0 Å². The van der Waals surface area contributed by atoms with E-state index in [1.807, 2.05) is 6.08 Å². The minimum atomic E-state index is -0.884. The van der Waals surface area contributed by atoms with Crippen molar-refractivity contribution in [3.63, 3.8) is 0 Å². The number of carbonyl (C=O) groups is 2. The molecule has 0 bridgehead atoms. The number of rotatable bonds is 51. The Hall–Kier alpha value is -1.85. The lowest BCUT2D eigenvalue weighted by Crippen LogP contribution is -2.41. The van der Waals surface area contributed by atoms with Crippen molar-refractivity contribution in [1.29, 1.82) is 0 Å². The van der Waals surface area contributed by atoms with Gasteiger partial charge in [0.15, 0.2) is 5.54 Å². The molecule has 0 amide bonds. The van der Waals surface area contributed by atoms with Crippen LogP contribution in [0.5, 0.6) is 0 Å². The highest BCUT2D eigenvalue weighted by Gasteiger charge is 2.39. The van der Waals surface area contributed by atoms with Crippen LogP contribution in [0.15, 0.2) is 17.1 Å². The highest BCUT2D eigenvalue weighted by atomic mass is 16.6. The first-order chi connectivity index (χ1) is 31.5. The van der Waals surface area contributed by atoms with Crippen LogP contribution in [0, 0.1) is 0 Å². The lowest BCUT2D eigenvalue weighted by atomic mass is 10.0. The summed E-state index contributed by atoms with van der Waals surface area (Å²) in [6.07, 6.45) is 62.5. The van der Waals surface area contributed by atoms with Crippen LogP contribution in [0.3, 0.4) is 0 Å². The fraction of sp³-hybridized carbons (Fsp3) is 0.914.